The van der Waals surface area contributed by atoms with Crippen molar-refractivity contribution in [2.24, 2.45) is 0 Å². The van der Waals surface area contributed by atoms with Gasteiger partial charge in [-0.05, 0) is 41.5 Å². The van der Waals surface area contributed by atoms with Crippen LogP contribution in [0.25, 0.3) is 6.08 Å². The Hall–Kier alpha value is -3.51. The Balaban J connectivity index is 2.16. The molecule has 1 amide bonds. The summed E-state index contributed by atoms with van der Waals surface area (Å²) in [7, 11) is 4.27. The van der Waals surface area contributed by atoms with E-state index in [9.17, 15) is 14.9 Å². The molecule has 1 N–H and O–H groups in total. The third-order valence-electron chi connectivity index (χ3n) is 4.13. The van der Waals surface area contributed by atoms with Gasteiger partial charge in [0, 0.05) is 11.0 Å². The molecule has 0 atom stereocenters. The molecule has 2 rings (SSSR count). The number of carbonyl (C=O) groups is 2. The maximum absolute atomic E-state index is 12.5. The van der Waals surface area contributed by atoms with Gasteiger partial charge in [0.05, 0.1) is 21.3 Å². The normalized spacial score (nSPS) is 10.6. The quantitative estimate of drug-likeness (QED) is 0.328. The molecule has 0 heterocycles. The number of nitriles is 1. The molecule has 0 radical (unpaired) electrons. The fraction of sp³-hybridized carbons (Fsp3) is 0.227. The van der Waals surface area contributed by atoms with E-state index in [2.05, 4.69) is 26.0 Å². The predicted molar refractivity (Wildman–Crippen MR) is 117 cm³/mol. The molecule has 9 heteroatoms. The summed E-state index contributed by atoms with van der Waals surface area (Å²) in [5.74, 6) is 0.289. The van der Waals surface area contributed by atoms with Crippen molar-refractivity contribution in [2.45, 2.75) is 6.54 Å². The maximum Gasteiger partial charge on any atom is 0.343 e. The third kappa shape index (κ3) is 6.76. The van der Waals surface area contributed by atoms with Crippen LogP contribution in [0.15, 0.2) is 46.4 Å². The largest absolute Gasteiger partial charge is 0.497 e. The fourth-order valence-corrected chi connectivity index (χ4v) is 2.89. The van der Waals surface area contributed by atoms with E-state index >= 15 is 0 Å². The van der Waals surface area contributed by atoms with Crippen molar-refractivity contribution in [1.29, 1.82) is 5.26 Å². The van der Waals surface area contributed by atoms with Gasteiger partial charge in [0.25, 0.3) is 5.91 Å². The number of hydrogen-bond donors (Lipinski definition) is 1. The highest BCUT2D eigenvalue weighted by Gasteiger charge is 2.14. The zero-order valence-electron chi connectivity index (χ0n) is 17.2. The maximum atomic E-state index is 12.5. The number of carbonyl (C=O) groups excluding carboxylic acids is 2. The Morgan fingerprint density at radius 3 is 2.39 bits per heavy atom. The number of methoxy groups -OCH3 is 3. The summed E-state index contributed by atoms with van der Waals surface area (Å²) in [6, 6.07) is 12.3. The molecular formula is C22H21BrN2O6. The molecule has 0 aliphatic rings. The van der Waals surface area contributed by atoms with Gasteiger partial charge in [-0.3, -0.25) is 4.79 Å². The van der Waals surface area contributed by atoms with Gasteiger partial charge in [-0.15, -0.1) is 0 Å². The van der Waals surface area contributed by atoms with Gasteiger partial charge < -0.3 is 24.3 Å². The van der Waals surface area contributed by atoms with E-state index in [0.29, 0.717) is 27.3 Å². The predicted octanol–water partition coefficient (Wildman–Crippen LogP) is 3.24. The Morgan fingerprint density at radius 1 is 1.10 bits per heavy atom. The molecule has 0 aromatic heterocycles. The Bertz CT molecular complexity index is 1010. The van der Waals surface area contributed by atoms with Gasteiger partial charge in [0.2, 0.25) is 0 Å². The molecule has 162 valence electrons. The van der Waals surface area contributed by atoms with Crippen LogP contribution in [0.1, 0.15) is 11.1 Å². The van der Waals surface area contributed by atoms with E-state index < -0.39 is 11.9 Å². The Labute approximate surface area is 188 Å². The minimum Gasteiger partial charge on any atom is -0.497 e. The van der Waals surface area contributed by atoms with Crippen molar-refractivity contribution in [3.05, 3.63) is 57.6 Å². The summed E-state index contributed by atoms with van der Waals surface area (Å²) in [5, 5.41) is 12.2. The van der Waals surface area contributed by atoms with Crippen LogP contribution in [-0.4, -0.2) is 39.8 Å². The number of halogens is 1. The van der Waals surface area contributed by atoms with Crippen molar-refractivity contribution in [2.75, 3.05) is 27.9 Å². The molecule has 0 saturated carbocycles. The molecule has 31 heavy (non-hydrogen) atoms. The summed E-state index contributed by atoms with van der Waals surface area (Å²) in [6.45, 7) is -0.0294. The molecule has 8 nitrogen and oxygen atoms in total. The molecule has 0 bridgehead atoms. The van der Waals surface area contributed by atoms with Gasteiger partial charge >= 0.3 is 5.97 Å². The first-order valence-corrected chi connectivity index (χ1v) is 9.81. The SMILES string of the molecule is COC(=O)COc1cc(Br)c(/C=C(/C#N)C(=O)NCc2ccc(OC)cc2)cc1OC. The molecule has 2 aromatic carbocycles. The van der Waals surface area contributed by atoms with Crippen LogP contribution in [0, 0.1) is 11.3 Å². The molecule has 0 unspecified atom stereocenters. The number of benzene rings is 2. The second-order valence-electron chi connectivity index (χ2n) is 6.09. The molecule has 0 saturated heterocycles. The number of esters is 1. The summed E-state index contributed by atoms with van der Waals surface area (Å²) < 4.78 is 20.9. The summed E-state index contributed by atoms with van der Waals surface area (Å²) in [6.07, 6.45) is 1.43. The Kier molecular flexibility index (Phi) is 8.91. The van der Waals surface area contributed by atoms with Gasteiger partial charge in [-0.1, -0.05) is 28.1 Å². The van der Waals surface area contributed by atoms with E-state index in [4.69, 9.17) is 14.2 Å². The summed E-state index contributed by atoms with van der Waals surface area (Å²) in [5.41, 5.74) is 1.30. The first kappa shape index (κ1) is 23.8. The Morgan fingerprint density at radius 2 is 1.81 bits per heavy atom. The van der Waals surface area contributed by atoms with Gasteiger partial charge in [-0.2, -0.15) is 5.26 Å². The molecule has 0 spiro atoms. The van der Waals surface area contributed by atoms with Gasteiger partial charge in [-0.25, -0.2) is 4.79 Å². The monoisotopic (exact) mass is 488 g/mol. The van der Waals surface area contributed by atoms with Crippen molar-refractivity contribution in [3.8, 4) is 23.3 Å². The minimum atomic E-state index is -0.539. The van der Waals surface area contributed by atoms with Crippen LogP contribution < -0.4 is 19.5 Å². The second kappa shape index (κ2) is 11.6. The van der Waals surface area contributed by atoms with E-state index in [1.807, 2.05) is 18.2 Å². The standard InChI is InChI=1S/C22H21BrN2O6/c1-28-17-6-4-14(5-7-17)12-25-22(27)16(11-24)8-15-9-19(29-2)20(10-18(15)23)31-13-21(26)30-3/h4-10H,12-13H2,1-3H3,(H,25,27)/b16-8-. The smallest absolute Gasteiger partial charge is 0.343 e. The van der Waals surface area contributed by atoms with Crippen LogP contribution in [0.2, 0.25) is 0 Å². The minimum absolute atomic E-state index is 0.0838. The average molecular weight is 489 g/mol. The molecule has 0 aliphatic heterocycles. The molecule has 2 aromatic rings. The lowest BCUT2D eigenvalue weighted by atomic mass is 10.1. The van der Waals surface area contributed by atoms with E-state index in [0.717, 1.165) is 5.56 Å². The fourth-order valence-electron chi connectivity index (χ4n) is 2.45. The second-order valence-corrected chi connectivity index (χ2v) is 6.94. The highest BCUT2D eigenvalue weighted by atomic mass is 79.9. The number of hydrogen-bond acceptors (Lipinski definition) is 7. The zero-order valence-corrected chi connectivity index (χ0v) is 18.8. The summed E-state index contributed by atoms with van der Waals surface area (Å²) >= 11 is 3.38. The van der Waals surface area contributed by atoms with Crippen LogP contribution >= 0.6 is 15.9 Å². The number of ether oxygens (including phenoxy) is 4. The van der Waals surface area contributed by atoms with Crippen LogP contribution in [0.5, 0.6) is 17.2 Å². The topological polar surface area (TPSA) is 107 Å². The molecule has 0 aliphatic carbocycles. The van der Waals surface area contributed by atoms with Crippen molar-refractivity contribution in [3.63, 3.8) is 0 Å². The summed E-state index contributed by atoms with van der Waals surface area (Å²) in [4.78, 5) is 23.8. The lowest BCUT2D eigenvalue weighted by Crippen LogP contribution is -2.23. The third-order valence-corrected chi connectivity index (χ3v) is 4.82. The molecular weight excluding hydrogens is 468 g/mol. The van der Waals surface area contributed by atoms with Crippen molar-refractivity contribution >= 4 is 33.9 Å². The van der Waals surface area contributed by atoms with Gasteiger partial charge in [0.15, 0.2) is 18.1 Å². The van der Waals surface area contributed by atoms with E-state index in [1.54, 1.807) is 31.4 Å². The lowest BCUT2D eigenvalue weighted by Gasteiger charge is -2.12. The van der Waals surface area contributed by atoms with E-state index in [-0.39, 0.29) is 18.7 Å². The average Bonchev–Trinajstić information content (AvgIpc) is 2.80. The van der Waals surface area contributed by atoms with Crippen LogP contribution in [-0.2, 0) is 20.9 Å². The van der Waals surface area contributed by atoms with Crippen molar-refractivity contribution < 1.29 is 28.5 Å². The number of rotatable bonds is 9. The zero-order chi connectivity index (χ0) is 22.8. The van der Waals surface area contributed by atoms with Gasteiger partial charge in [0.1, 0.15) is 17.4 Å². The van der Waals surface area contributed by atoms with Crippen molar-refractivity contribution in [1.82, 2.24) is 5.32 Å². The van der Waals surface area contributed by atoms with E-state index in [1.165, 1.54) is 20.3 Å². The highest BCUT2D eigenvalue weighted by molar-refractivity contribution is 9.10. The van der Waals surface area contributed by atoms with Crippen LogP contribution in [0.3, 0.4) is 0 Å². The number of nitrogens with zero attached hydrogens (tertiary/aromatic N) is 1. The first-order valence-electron chi connectivity index (χ1n) is 9.01. The molecule has 0 fully saturated rings. The lowest BCUT2D eigenvalue weighted by molar-refractivity contribution is -0.142. The number of amides is 1. The first-order chi connectivity index (χ1) is 14.9. The van der Waals surface area contributed by atoms with Crippen LogP contribution in [0.4, 0.5) is 0 Å². The number of nitrogens with one attached hydrogen (secondary N) is 1. The highest BCUT2D eigenvalue weighted by Crippen LogP contribution is 2.34.